The molecule has 0 aliphatic heterocycles. The lowest BCUT2D eigenvalue weighted by Crippen LogP contribution is -2.25. The molecule has 1 aromatic carbocycles. The van der Waals surface area contributed by atoms with Crippen LogP contribution in [-0.4, -0.2) is 18.7 Å². The van der Waals surface area contributed by atoms with E-state index in [2.05, 4.69) is 57.3 Å². The standard InChI is InChI=1S/C20H30N2O2/c1-7-8-13-21-22-18(23)14-24-17-11-9-16(10-12-17)20(5,6)15-19(2,3)4/h7-13H,14-15H2,1-6H3,(H,22,23)/b8-7+,21-13-. The number of allylic oxidation sites excluding steroid dienone is 2. The minimum Gasteiger partial charge on any atom is -0.484 e. The van der Waals surface area contributed by atoms with Gasteiger partial charge in [-0.05, 0) is 47.9 Å². The summed E-state index contributed by atoms with van der Waals surface area (Å²) >= 11 is 0. The van der Waals surface area contributed by atoms with Crippen molar-refractivity contribution >= 4 is 12.1 Å². The van der Waals surface area contributed by atoms with Crippen LogP contribution < -0.4 is 10.2 Å². The number of ether oxygens (including phenoxy) is 1. The van der Waals surface area contributed by atoms with Gasteiger partial charge in [0.05, 0.1) is 0 Å². The second-order valence-corrected chi connectivity index (χ2v) is 7.77. The molecule has 4 nitrogen and oxygen atoms in total. The van der Waals surface area contributed by atoms with E-state index in [0.717, 1.165) is 6.42 Å². The van der Waals surface area contributed by atoms with Gasteiger partial charge in [0.25, 0.3) is 5.91 Å². The van der Waals surface area contributed by atoms with Gasteiger partial charge in [-0.1, -0.05) is 52.8 Å². The molecule has 0 atom stereocenters. The van der Waals surface area contributed by atoms with Crippen molar-refractivity contribution in [3.63, 3.8) is 0 Å². The van der Waals surface area contributed by atoms with Crippen molar-refractivity contribution in [1.29, 1.82) is 0 Å². The van der Waals surface area contributed by atoms with E-state index in [1.165, 1.54) is 11.8 Å². The molecule has 0 spiro atoms. The maximum Gasteiger partial charge on any atom is 0.277 e. The van der Waals surface area contributed by atoms with Crippen LogP contribution in [0.3, 0.4) is 0 Å². The predicted molar refractivity (Wildman–Crippen MR) is 100 cm³/mol. The molecule has 0 aliphatic rings. The van der Waals surface area contributed by atoms with E-state index in [1.54, 1.807) is 6.08 Å². The van der Waals surface area contributed by atoms with Crippen LogP contribution >= 0.6 is 0 Å². The zero-order valence-electron chi connectivity index (χ0n) is 15.7. The average molecular weight is 330 g/mol. The summed E-state index contributed by atoms with van der Waals surface area (Å²) in [6, 6.07) is 7.97. The number of nitrogens with one attached hydrogen (secondary N) is 1. The molecule has 0 fully saturated rings. The highest BCUT2D eigenvalue weighted by atomic mass is 16.5. The maximum atomic E-state index is 11.6. The molecular weight excluding hydrogens is 300 g/mol. The third-order valence-corrected chi connectivity index (χ3v) is 3.52. The normalized spacial score (nSPS) is 12.8. The molecule has 1 aromatic rings. The molecule has 132 valence electrons. The van der Waals surface area contributed by atoms with Crippen LogP contribution in [0, 0.1) is 5.41 Å². The van der Waals surface area contributed by atoms with E-state index < -0.39 is 0 Å². The number of amides is 1. The third kappa shape index (κ3) is 7.44. The van der Waals surface area contributed by atoms with E-state index in [4.69, 9.17) is 4.74 Å². The Kier molecular flexibility index (Phi) is 7.20. The fraction of sp³-hybridized carbons (Fsp3) is 0.500. The Morgan fingerprint density at radius 1 is 1.17 bits per heavy atom. The smallest absolute Gasteiger partial charge is 0.277 e. The van der Waals surface area contributed by atoms with Crippen LogP contribution in [0.2, 0.25) is 0 Å². The van der Waals surface area contributed by atoms with E-state index in [0.29, 0.717) is 5.75 Å². The number of hydrazone groups is 1. The lowest BCUT2D eigenvalue weighted by molar-refractivity contribution is -0.123. The van der Waals surface area contributed by atoms with Crippen molar-refractivity contribution in [2.75, 3.05) is 6.61 Å². The Bertz CT molecular complexity index is 579. The van der Waals surface area contributed by atoms with Gasteiger partial charge in [-0.25, -0.2) is 5.43 Å². The van der Waals surface area contributed by atoms with Crippen LogP contribution in [-0.2, 0) is 10.2 Å². The number of carbonyl (C=O) groups is 1. The average Bonchev–Trinajstić information content (AvgIpc) is 2.47. The second-order valence-electron chi connectivity index (χ2n) is 7.77. The van der Waals surface area contributed by atoms with E-state index in [-0.39, 0.29) is 23.3 Å². The molecule has 0 saturated carbocycles. The van der Waals surface area contributed by atoms with Crippen molar-refractivity contribution in [2.24, 2.45) is 10.5 Å². The van der Waals surface area contributed by atoms with Crippen molar-refractivity contribution in [1.82, 2.24) is 5.43 Å². The Balaban J connectivity index is 2.57. The molecule has 1 amide bonds. The van der Waals surface area contributed by atoms with Gasteiger partial charge in [-0.15, -0.1) is 0 Å². The van der Waals surface area contributed by atoms with Crippen LogP contribution in [0.1, 0.15) is 53.5 Å². The zero-order valence-corrected chi connectivity index (χ0v) is 15.7. The molecule has 1 rings (SSSR count). The summed E-state index contributed by atoms with van der Waals surface area (Å²) in [5, 5.41) is 3.76. The summed E-state index contributed by atoms with van der Waals surface area (Å²) in [6.07, 6.45) is 6.17. The quantitative estimate of drug-likeness (QED) is 0.593. The lowest BCUT2D eigenvalue weighted by Gasteiger charge is -2.33. The topological polar surface area (TPSA) is 50.7 Å². The highest BCUT2D eigenvalue weighted by Gasteiger charge is 2.27. The van der Waals surface area contributed by atoms with E-state index >= 15 is 0 Å². The van der Waals surface area contributed by atoms with E-state index in [9.17, 15) is 4.79 Å². The van der Waals surface area contributed by atoms with Gasteiger partial charge < -0.3 is 4.74 Å². The number of rotatable bonds is 7. The van der Waals surface area contributed by atoms with Crippen molar-refractivity contribution in [3.05, 3.63) is 42.0 Å². The molecule has 24 heavy (non-hydrogen) atoms. The summed E-state index contributed by atoms with van der Waals surface area (Å²) in [4.78, 5) is 11.6. The maximum absolute atomic E-state index is 11.6. The number of hydrogen-bond acceptors (Lipinski definition) is 3. The minimum absolute atomic E-state index is 0.0576. The molecule has 0 aromatic heterocycles. The third-order valence-electron chi connectivity index (χ3n) is 3.52. The second kappa shape index (κ2) is 8.67. The van der Waals surface area contributed by atoms with Gasteiger partial charge in [0.15, 0.2) is 6.61 Å². The van der Waals surface area contributed by atoms with E-state index in [1.807, 2.05) is 25.1 Å². The first-order valence-corrected chi connectivity index (χ1v) is 8.30. The number of carbonyl (C=O) groups excluding carboxylic acids is 1. The molecule has 0 heterocycles. The first kappa shape index (κ1) is 19.9. The fourth-order valence-corrected chi connectivity index (χ4v) is 2.85. The summed E-state index contributed by atoms with van der Waals surface area (Å²) in [6.45, 7) is 13.1. The minimum atomic E-state index is -0.284. The monoisotopic (exact) mass is 330 g/mol. The van der Waals surface area contributed by atoms with Crippen LogP contribution in [0.25, 0.3) is 0 Å². The van der Waals surface area contributed by atoms with Gasteiger partial charge in [0.2, 0.25) is 0 Å². The predicted octanol–water partition coefficient (Wildman–Crippen LogP) is 4.46. The summed E-state index contributed by atoms with van der Waals surface area (Å²) in [5.74, 6) is 0.394. The summed E-state index contributed by atoms with van der Waals surface area (Å²) in [7, 11) is 0. The number of benzene rings is 1. The highest BCUT2D eigenvalue weighted by molar-refractivity contribution is 5.79. The largest absolute Gasteiger partial charge is 0.484 e. The van der Waals surface area contributed by atoms with Gasteiger partial charge in [0, 0.05) is 6.21 Å². The van der Waals surface area contributed by atoms with Gasteiger partial charge in [-0.2, -0.15) is 5.10 Å². The Labute approximate surface area is 146 Å². The van der Waals surface area contributed by atoms with Gasteiger partial charge in [-0.3, -0.25) is 4.79 Å². The molecule has 1 N–H and O–H groups in total. The van der Waals surface area contributed by atoms with Crippen molar-refractivity contribution in [3.8, 4) is 5.75 Å². The number of nitrogens with zero attached hydrogens (tertiary/aromatic N) is 1. The number of hydrogen-bond donors (Lipinski definition) is 1. The molecule has 4 heteroatoms. The SMILES string of the molecule is C/C=C/C=N\NC(=O)COc1ccc(C(C)(C)CC(C)(C)C)cc1. The van der Waals surface area contributed by atoms with Crippen molar-refractivity contribution in [2.45, 2.75) is 53.4 Å². The Morgan fingerprint density at radius 2 is 1.79 bits per heavy atom. The molecule has 0 saturated heterocycles. The zero-order chi connectivity index (χ0) is 18.2. The Morgan fingerprint density at radius 3 is 2.33 bits per heavy atom. The van der Waals surface area contributed by atoms with Gasteiger partial charge >= 0.3 is 0 Å². The van der Waals surface area contributed by atoms with Crippen LogP contribution in [0.15, 0.2) is 41.5 Å². The van der Waals surface area contributed by atoms with Crippen LogP contribution in [0.5, 0.6) is 5.75 Å². The lowest BCUT2D eigenvalue weighted by atomic mass is 9.72. The summed E-state index contributed by atoms with van der Waals surface area (Å²) < 4.78 is 5.49. The fourth-order valence-electron chi connectivity index (χ4n) is 2.85. The highest BCUT2D eigenvalue weighted by Crippen LogP contribution is 2.36. The Hall–Kier alpha value is -2.10. The van der Waals surface area contributed by atoms with Crippen LogP contribution in [0.4, 0.5) is 0 Å². The first-order valence-electron chi connectivity index (χ1n) is 8.30. The molecule has 0 aliphatic carbocycles. The molecule has 0 bridgehead atoms. The van der Waals surface area contributed by atoms with Gasteiger partial charge in [0.1, 0.15) is 5.75 Å². The van der Waals surface area contributed by atoms with Crippen molar-refractivity contribution < 1.29 is 9.53 Å². The molecule has 0 unspecified atom stereocenters. The first-order chi connectivity index (χ1) is 11.1. The molecule has 0 radical (unpaired) electrons. The molecular formula is C20H30N2O2. The summed E-state index contributed by atoms with van der Waals surface area (Å²) in [5.41, 5.74) is 4.03.